The van der Waals surface area contributed by atoms with Crippen LogP contribution in [-0.4, -0.2) is 0 Å². The Morgan fingerprint density at radius 3 is 1.57 bits per heavy atom. The maximum atomic E-state index is 2.30. The minimum absolute atomic E-state index is 1.29. The average Bonchev–Trinajstić information content (AvgIpc) is 2.54. The fourth-order valence-corrected chi connectivity index (χ4v) is 3.19. The number of fused-ring (bicyclic) bond motifs is 5. The average molecular weight is 268 g/mol. The van der Waals surface area contributed by atoms with E-state index in [-0.39, 0.29) is 0 Å². The SMILES string of the molecule is CC1=Cc2ccccc2-c2ccccc2-c2ccccc21. The number of rotatable bonds is 0. The maximum absolute atomic E-state index is 2.30. The Balaban J connectivity index is 2.16. The second-order valence-corrected chi connectivity index (χ2v) is 5.51. The van der Waals surface area contributed by atoms with Crippen molar-refractivity contribution < 1.29 is 0 Å². The van der Waals surface area contributed by atoms with Gasteiger partial charge in [0.1, 0.15) is 0 Å². The van der Waals surface area contributed by atoms with Gasteiger partial charge in [0.05, 0.1) is 0 Å². The van der Waals surface area contributed by atoms with E-state index < -0.39 is 0 Å². The minimum atomic E-state index is 1.29. The zero-order valence-electron chi connectivity index (χ0n) is 12.0. The van der Waals surface area contributed by atoms with Gasteiger partial charge in [-0.25, -0.2) is 0 Å². The summed E-state index contributed by atoms with van der Waals surface area (Å²) < 4.78 is 0. The predicted octanol–water partition coefficient (Wildman–Crippen LogP) is 5.89. The summed E-state index contributed by atoms with van der Waals surface area (Å²) in [4.78, 5) is 0. The highest BCUT2D eigenvalue weighted by Crippen LogP contribution is 2.40. The third-order valence-electron chi connectivity index (χ3n) is 4.19. The fourth-order valence-electron chi connectivity index (χ4n) is 3.19. The van der Waals surface area contributed by atoms with Crippen molar-refractivity contribution in [1.82, 2.24) is 0 Å². The first-order valence-electron chi connectivity index (χ1n) is 7.31. The topological polar surface area (TPSA) is 0 Å². The van der Waals surface area contributed by atoms with E-state index in [1.165, 1.54) is 39.0 Å². The van der Waals surface area contributed by atoms with Gasteiger partial charge in [-0.05, 0) is 45.9 Å². The lowest BCUT2D eigenvalue weighted by Gasteiger charge is -2.19. The lowest BCUT2D eigenvalue weighted by Crippen LogP contribution is -1.95. The first kappa shape index (κ1) is 12.2. The van der Waals surface area contributed by atoms with Crippen molar-refractivity contribution in [3.05, 3.63) is 83.9 Å². The van der Waals surface area contributed by atoms with Crippen molar-refractivity contribution in [3.63, 3.8) is 0 Å². The molecule has 0 saturated heterocycles. The molecule has 0 atom stereocenters. The molecule has 0 heteroatoms. The van der Waals surface area contributed by atoms with E-state index in [0.717, 1.165) is 0 Å². The summed E-state index contributed by atoms with van der Waals surface area (Å²) in [5.41, 5.74) is 9.17. The summed E-state index contributed by atoms with van der Waals surface area (Å²) in [7, 11) is 0. The van der Waals surface area contributed by atoms with E-state index in [2.05, 4.69) is 85.8 Å². The Hall–Kier alpha value is -2.60. The largest absolute Gasteiger partial charge is 0.0616 e. The van der Waals surface area contributed by atoms with Gasteiger partial charge in [0.15, 0.2) is 0 Å². The van der Waals surface area contributed by atoms with E-state index in [0.29, 0.717) is 0 Å². The van der Waals surface area contributed by atoms with Crippen LogP contribution in [0.5, 0.6) is 0 Å². The third-order valence-corrected chi connectivity index (χ3v) is 4.19. The summed E-state index contributed by atoms with van der Waals surface area (Å²) >= 11 is 0. The fraction of sp³-hybridized carbons (Fsp3) is 0.0476. The van der Waals surface area contributed by atoms with Crippen molar-refractivity contribution in [2.24, 2.45) is 0 Å². The van der Waals surface area contributed by atoms with Gasteiger partial charge in [-0.15, -0.1) is 0 Å². The molecule has 0 N–H and O–H groups in total. The van der Waals surface area contributed by atoms with Crippen LogP contribution >= 0.6 is 0 Å². The van der Waals surface area contributed by atoms with Crippen LogP contribution < -0.4 is 0 Å². The lowest BCUT2D eigenvalue weighted by atomic mass is 9.85. The molecule has 100 valence electrons. The molecule has 0 saturated carbocycles. The molecule has 0 fully saturated rings. The third kappa shape index (κ3) is 1.92. The standard InChI is InChI=1S/C21H16/c1-15-14-16-8-2-3-10-18(16)20-12-6-7-13-21(20)19-11-5-4-9-17(15)19/h2-14H,1H3. The van der Waals surface area contributed by atoms with E-state index in [1.54, 1.807) is 0 Å². The number of hydrogen-bond donors (Lipinski definition) is 0. The van der Waals surface area contributed by atoms with Gasteiger partial charge in [-0.1, -0.05) is 78.9 Å². The molecule has 0 spiro atoms. The van der Waals surface area contributed by atoms with E-state index in [9.17, 15) is 0 Å². The highest BCUT2D eigenvalue weighted by molar-refractivity contribution is 5.98. The highest BCUT2D eigenvalue weighted by atomic mass is 14.2. The second kappa shape index (κ2) is 4.75. The molecular weight excluding hydrogens is 252 g/mol. The molecule has 0 heterocycles. The first-order chi connectivity index (χ1) is 10.3. The maximum Gasteiger partial charge on any atom is -0.00991 e. The van der Waals surface area contributed by atoms with Crippen molar-refractivity contribution in [2.45, 2.75) is 6.92 Å². The van der Waals surface area contributed by atoms with Crippen molar-refractivity contribution in [1.29, 1.82) is 0 Å². The Morgan fingerprint density at radius 2 is 0.905 bits per heavy atom. The number of hydrogen-bond acceptors (Lipinski definition) is 0. The number of allylic oxidation sites excluding steroid dienone is 1. The molecule has 0 radical (unpaired) electrons. The molecule has 0 aromatic heterocycles. The molecule has 0 nitrogen and oxygen atoms in total. The first-order valence-corrected chi connectivity index (χ1v) is 7.31. The van der Waals surface area contributed by atoms with Gasteiger partial charge in [0.25, 0.3) is 0 Å². The molecule has 0 bridgehead atoms. The van der Waals surface area contributed by atoms with Gasteiger partial charge in [-0.2, -0.15) is 0 Å². The molecule has 21 heavy (non-hydrogen) atoms. The van der Waals surface area contributed by atoms with E-state index >= 15 is 0 Å². The van der Waals surface area contributed by atoms with Crippen molar-refractivity contribution >= 4 is 11.6 Å². The Bertz CT molecular complexity index is 853. The van der Waals surface area contributed by atoms with Gasteiger partial charge in [0.2, 0.25) is 0 Å². The molecule has 3 aromatic carbocycles. The molecule has 0 amide bonds. The Morgan fingerprint density at radius 1 is 0.476 bits per heavy atom. The minimum Gasteiger partial charge on any atom is -0.0616 e. The summed E-state index contributed by atoms with van der Waals surface area (Å²) in [6.07, 6.45) is 2.30. The predicted molar refractivity (Wildman–Crippen MR) is 90.9 cm³/mol. The molecule has 0 aliphatic heterocycles. The Labute approximate surface area is 125 Å². The number of benzene rings is 3. The Kier molecular flexibility index (Phi) is 2.75. The quantitative estimate of drug-likeness (QED) is 0.476. The van der Waals surface area contributed by atoms with Crippen LogP contribution in [-0.2, 0) is 0 Å². The monoisotopic (exact) mass is 268 g/mol. The zero-order chi connectivity index (χ0) is 14.2. The molecular formula is C21H16. The highest BCUT2D eigenvalue weighted by Gasteiger charge is 2.15. The smallest absolute Gasteiger partial charge is 0.00991 e. The summed E-state index contributed by atoms with van der Waals surface area (Å²) in [5.74, 6) is 0. The van der Waals surface area contributed by atoms with Crippen LogP contribution in [0, 0.1) is 0 Å². The van der Waals surface area contributed by atoms with Crippen LogP contribution in [0.25, 0.3) is 33.9 Å². The van der Waals surface area contributed by atoms with Gasteiger partial charge >= 0.3 is 0 Å². The lowest BCUT2D eigenvalue weighted by molar-refractivity contribution is 1.51. The molecule has 1 aliphatic rings. The molecule has 3 aromatic rings. The van der Waals surface area contributed by atoms with Crippen LogP contribution in [0.2, 0.25) is 0 Å². The van der Waals surface area contributed by atoms with Crippen molar-refractivity contribution in [3.8, 4) is 22.3 Å². The van der Waals surface area contributed by atoms with Crippen LogP contribution in [0.15, 0.2) is 72.8 Å². The van der Waals surface area contributed by atoms with Crippen molar-refractivity contribution in [2.75, 3.05) is 0 Å². The second-order valence-electron chi connectivity index (χ2n) is 5.51. The van der Waals surface area contributed by atoms with Crippen LogP contribution in [0.1, 0.15) is 18.1 Å². The molecule has 1 aliphatic carbocycles. The normalized spacial score (nSPS) is 12.3. The summed E-state index contributed by atoms with van der Waals surface area (Å²) in [6.45, 7) is 2.20. The summed E-state index contributed by atoms with van der Waals surface area (Å²) in [5, 5.41) is 0. The van der Waals surface area contributed by atoms with Gasteiger partial charge < -0.3 is 0 Å². The summed E-state index contributed by atoms with van der Waals surface area (Å²) in [6, 6.07) is 26.0. The van der Waals surface area contributed by atoms with Crippen LogP contribution in [0.3, 0.4) is 0 Å². The van der Waals surface area contributed by atoms with Gasteiger partial charge in [-0.3, -0.25) is 0 Å². The van der Waals surface area contributed by atoms with Crippen LogP contribution in [0.4, 0.5) is 0 Å². The zero-order valence-corrected chi connectivity index (χ0v) is 12.0. The van der Waals surface area contributed by atoms with Gasteiger partial charge in [0, 0.05) is 0 Å². The van der Waals surface area contributed by atoms with E-state index in [1.807, 2.05) is 0 Å². The van der Waals surface area contributed by atoms with E-state index in [4.69, 9.17) is 0 Å². The molecule has 4 rings (SSSR count). The molecule has 0 unspecified atom stereocenters.